The smallest absolute Gasteiger partial charge is 0.125 e. The predicted molar refractivity (Wildman–Crippen MR) is 82.6 cm³/mol. The Morgan fingerprint density at radius 1 is 1.29 bits per heavy atom. The molecule has 0 aliphatic heterocycles. The Hall–Kier alpha value is -1.78. The van der Waals surface area contributed by atoms with Gasteiger partial charge in [-0.1, -0.05) is 29.8 Å². The molecule has 1 unspecified atom stereocenters. The summed E-state index contributed by atoms with van der Waals surface area (Å²) in [6.45, 7) is 2.30. The highest BCUT2D eigenvalue weighted by atomic mass is 35.5. The number of para-hydroxylation sites is 1. The van der Waals surface area contributed by atoms with Gasteiger partial charge in [0.1, 0.15) is 24.3 Å². The molecule has 0 amide bonds. The molecule has 0 heterocycles. The van der Waals surface area contributed by atoms with Crippen LogP contribution in [-0.4, -0.2) is 24.4 Å². The second-order valence-corrected chi connectivity index (χ2v) is 5.14. The first-order valence-corrected chi connectivity index (χ1v) is 6.99. The Morgan fingerprint density at radius 3 is 2.81 bits per heavy atom. The van der Waals surface area contributed by atoms with E-state index in [0.717, 1.165) is 11.3 Å². The van der Waals surface area contributed by atoms with Gasteiger partial charge in [-0.3, -0.25) is 0 Å². The maximum Gasteiger partial charge on any atom is 0.125 e. The fourth-order valence-electron chi connectivity index (χ4n) is 1.82. The number of ether oxygens (including phenoxy) is 1. The van der Waals surface area contributed by atoms with Gasteiger partial charge in [0.2, 0.25) is 0 Å². The average Bonchev–Trinajstić information content (AvgIpc) is 2.47. The molecule has 0 aliphatic carbocycles. The number of aryl methyl sites for hydroxylation is 1. The van der Waals surface area contributed by atoms with Crippen LogP contribution in [0.5, 0.6) is 5.75 Å². The van der Waals surface area contributed by atoms with Crippen molar-refractivity contribution in [1.82, 2.24) is 0 Å². The second kappa shape index (κ2) is 7.29. The van der Waals surface area contributed by atoms with Crippen LogP contribution in [0.3, 0.4) is 0 Å². The number of aliphatic hydroxyl groups is 1. The van der Waals surface area contributed by atoms with Crippen molar-refractivity contribution in [2.45, 2.75) is 13.0 Å². The van der Waals surface area contributed by atoms with Gasteiger partial charge in [0.15, 0.2) is 0 Å². The van der Waals surface area contributed by atoms with Gasteiger partial charge in [-0.05, 0) is 36.8 Å². The van der Waals surface area contributed by atoms with Crippen molar-refractivity contribution < 1.29 is 14.2 Å². The van der Waals surface area contributed by atoms with E-state index in [-0.39, 0.29) is 19.0 Å². The lowest BCUT2D eigenvalue weighted by Gasteiger charge is -2.15. The van der Waals surface area contributed by atoms with Crippen LogP contribution in [0.25, 0.3) is 0 Å². The molecule has 5 heteroatoms. The average molecular weight is 310 g/mol. The van der Waals surface area contributed by atoms with Crippen LogP contribution in [0.1, 0.15) is 5.56 Å². The quantitative estimate of drug-likeness (QED) is 0.856. The number of hydrogen-bond donors (Lipinski definition) is 2. The molecule has 3 nitrogen and oxygen atoms in total. The lowest BCUT2D eigenvalue weighted by molar-refractivity contribution is 0.117. The number of aliphatic hydroxyl groups excluding tert-OH is 1. The molecule has 112 valence electrons. The largest absolute Gasteiger partial charge is 0.491 e. The molecule has 0 aliphatic rings. The lowest BCUT2D eigenvalue weighted by atomic mass is 10.2. The highest BCUT2D eigenvalue weighted by Crippen LogP contribution is 2.22. The summed E-state index contributed by atoms with van der Waals surface area (Å²) >= 11 is 5.93. The van der Waals surface area contributed by atoms with Gasteiger partial charge in [-0.25, -0.2) is 4.39 Å². The van der Waals surface area contributed by atoms with Crippen LogP contribution in [0.15, 0.2) is 42.5 Å². The van der Waals surface area contributed by atoms with Crippen molar-refractivity contribution in [2.24, 2.45) is 0 Å². The number of anilines is 1. The first-order chi connectivity index (χ1) is 10.1. The topological polar surface area (TPSA) is 41.5 Å². The first kappa shape index (κ1) is 15.6. The van der Waals surface area contributed by atoms with Crippen molar-refractivity contribution in [3.63, 3.8) is 0 Å². The maximum absolute atomic E-state index is 13.1. The minimum atomic E-state index is -0.732. The van der Waals surface area contributed by atoms with Gasteiger partial charge in [-0.2, -0.15) is 0 Å². The molecule has 0 fully saturated rings. The molecular weight excluding hydrogens is 293 g/mol. The molecule has 2 rings (SSSR count). The van der Waals surface area contributed by atoms with E-state index in [9.17, 15) is 9.50 Å². The summed E-state index contributed by atoms with van der Waals surface area (Å²) in [6.07, 6.45) is -0.732. The molecule has 1 atom stereocenters. The van der Waals surface area contributed by atoms with Crippen LogP contribution in [0.2, 0.25) is 5.02 Å². The highest BCUT2D eigenvalue weighted by molar-refractivity contribution is 6.33. The summed E-state index contributed by atoms with van der Waals surface area (Å²) < 4.78 is 18.6. The van der Waals surface area contributed by atoms with Crippen LogP contribution in [-0.2, 0) is 0 Å². The maximum atomic E-state index is 13.1. The molecule has 0 spiro atoms. The Kier molecular flexibility index (Phi) is 5.42. The Bertz CT molecular complexity index is 607. The van der Waals surface area contributed by atoms with Gasteiger partial charge in [0, 0.05) is 6.54 Å². The van der Waals surface area contributed by atoms with Gasteiger partial charge in [0.25, 0.3) is 0 Å². The molecule has 2 aromatic rings. The van der Waals surface area contributed by atoms with E-state index >= 15 is 0 Å². The molecule has 0 radical (unpaired) electrons. The van der Waals surface area contributed by atoms with Gasteiger partial charge < -0.3 is 15.2 Å². The molecule has 2 aromatic carbocycles. The molecule has 0 bridgehead atoms. The number of hydrogen-bond acceptors (Lipinski definition) is 3. The van der Waals surface area contributed by atoms with Gasteiger partial charge in [-0.15, -0.1) is 0 Å². The minimum absolute atomic E-state index is 0.144. The normalized spacial score (nSPS) is 12.0. The standard InChI is InChI=1S/C16H17ClFNO2/c1-11-4-2-3-5-16(11)21-10-13(20)9-19-15-8-12(18)6-7-14(15)17/h2-8,13,19-20H,9-10H2,1H3. The third-order valence-corrected chi connectivity index (χ3v) is 3.31. The van der Waals surface area contributed by atoms with Crippen LogP contribution >= 0.6 is 11.6 Å². The van der Waals surface area contributed by atoms with E-state index in [2.05, 4.69) is 5.32 Å². The first-order valence-electron chi connectivity index (χ1n) is 6.61. The Balaban J connectivity index is 1.84. The monoisotopic (exact) mass is 309 g/mol. The minimum Gasteiger partial charge on any atom is -0.491 e. The fourth-order valence-corrected chi connectivity index (χ4v) is 2.01. The third-order valence-electron chi connectivity index (χ3n) is 2.98. The summed E-state index contributed by atoms with van der Waals surface area (Å²) in [6, 6.07) is 11.6. The van der Waals surface area contributed by atoms with Gasteiger partial charge >= 0.3 is 0 Å². The summed E-state index contributed by atoms with van der Waals surface area (Å²) in [5.74, 6) is 0.355. The van der Waals surface area contributed by atoms with Crippen LogP contribution < -0.4 is 10.1 Å². The van der Waals surface area contributed by atoms with Crippen LogP contribution in [0, 0.1) is 12.7 Å². The van der Waals surface area contributed by atoms with E-state index in [0.29, 0.717) is 10.7 Å². The molecule has 21 heavy (non-hydrogen) atoms. The van der Waals surface area contributed by atoms with Crippen LogP contribution in [0.4, 0.5) is 10.1 Å². The van der Waals surface area contributed by atoms with E-state index in [1.165, 1.54) is 18.2 Å². The third kappa shape index (κ3) is 4.62. The van der Waals surface area contributed by atoms with Crippen molar-refractivity contribution in [1.29, 1.82) is 0 Å². The Morgan fingerprint density at radius 2 is 2.05 bits per heavy atom. The summed E-state index contributed by atoms with van der Waals surface area (Å²) in [7, 11) is 0. The van der Waals surface area contributed by atoms with E-state index in [4.69, 9.17) is 16.3 Å². The number of benzene rings is 2. The summed E-state index contributed by atoms with van der Waals surface area (Å²) in [4.78, 5) is 0. The zero-order chi connectivity index (χ0) is 15.2. The number of halogens is 2. The fraction of sp³-hybridized carbons (Fsp3) is 0.250. The molecular formula is C16H17ClFNO2. The summed E-state index contributed by atoms with van der Waals surface area (Å²) in [5, 5.41) is 13.2. The predicted octanol–water partition coefficient (Wildman–Crippen LogP) is 3.64. The number of rotatable bonds is 6. The molecule has 0 saturated heterocycles. The van der Waals surface area contributed by atoms with E-state index < -0.39 is 6.10 Å². The molecule has 0 saturated carbocycles. The number of nitrogens with one attached hydrogen (secondary N) is 1. The molecule has 0 aromatic heterocycles. The van der Waals surface area contributed by atoms with Gasteiger partial charge in [0.05, 0.1) is 10.7 Å². The molecule has 2 N–H and O–H groups in total. The van der Waals surface area contributed by atoms with Crippen molar-refractivity contribution in [2.75, 3.05) is 18.5 Å². The van der Waals surface area contributed by atoms with E-state index in [1.807, 2.05) is 31.2 Å². The van der Waals surface area contributed by atoms with Crippen molar-refractivity contribution >= 4 is 17.3 Å². The SMILES string of the molecule is Cc1ccccc1OCC(O)CNc1cc(F)ccc1Cl. The summed E-state index contributed by atoms with van der Waals surface area (Å²) in [5.41, 5.74) is 1.46. The Labute approximate surface area is 128 Å². The van der Waals surface area contributed by atoms with Crippen molar-refractivity contribution in [3.8, 4) is 5.75 Å². The highest BCUT2D eigenvalue weighted by Gasteiger charge is 2.08. The van der Waals surface area contributed by atoms with E-state index in [1.54, 1.807) is 0 Å². The van der Waals surface area contributed by atoms with Crippen molar-refractivity contribution in [3.05, 3.63) is 58.9 Å². The second-order valence-electron chi connectivity index (χ2n) is 4.74. The zero-order valence-corrected chi connectivity index (χ0v) is 12.4. The lowest BCUT2D eigenvalue weighted by Crippen LogP contribution is -2.26. The zero-order valence-electron chi connectivity index (χ0n) is 11.6.